The lowest BCUT2D eigenvalue weighted by atomic mass is 9.95. The van der Waals surface area contributed by atoms with Gasteiger partial charge in [0.1, 0.15) is 0 Å². The fraction of sp³-hybridized carbons (Fsp3) is 0.333. The summed E-state index contributed by atoms with van der Waals surface area (Å²) in [6, 6.07) is 1.54. The molecule has 1 aliphatic rings. The second-order valence-electron chi connectivity index (χ2n) is 7.22. The van der Waals surface area contributed by atoms with Gasteiger partial charge in [0.2, 0.25) is 5.82 Å². The van der Waals surface area contributed by atoms with Crippen molar-refractivity contribution in [3.8, 4) is 5.75 Å². The molecule has 2 nitrogen and oxygen atoms in total. The number of fused-ring (bicyclic) bond motifs is 1. The van der Waals surface area contributed by atoms with E-state index in [9.17, 15) is 8.78 Å². The van der Waals surface area contributed by atoms with Crippen molar-refractivity contribution in [2.45, 2.75) is 39.2 Å². The van der Waals surface area contributed by atoms with Crippen LogP contribution in [0, 0.1) is 17.6 Å². The molecule has 0 bridgehead atoms. The fourth-order valence-corrected chi connectivity index (χ4v) is 2.88. The molecule has 0 fully saturated rings. The molecule has 1 aliphatic heterocycles. The third-order valence-electron chi connectivity index (χ3n) is 4.84. The standard InChI is InChI=1S/C24H27F3O2/c1-7-9-10-18-12-19-11-15(4)23(29-24(19)22(27)21(18)26)20(25)16(5)17(6)28-13-14(3)8-2/h7-8,12,14,17H,1-2,4-5,9-11,13H2,3,6H3/b23-20-. The van der Waals surface area contributed by atoms with E-state index < -0.39 is 23.6 Å². The number of rotatable bonds is 9. The van der Waals surface area contributed by atoms with Crippen molar-refractivity contribution in [2.24, 2.45) is 5.92 Å². The molecule has 0 amide bonds. The molecule has 0 radical (unpaired) electrons. The number of hydrogen-bond donors (Lipinski definition) is 0. The van der Waals surface area contributed by atoms with Gasteiger partial charge < -0.3 is 9.47 Å². The van der Waals surface area contributed by atoms with E-state index in [4.69, 9.17) is 9.47 Å². The quantitative estimate of drug-likeness (QED) is 0.435. The van der Waals surface area contributed by atoms with Crippen molar-refractivity contribution >= 4 is 0 Å². The Bertz CT molecular complexity index is 867. The first-order valence-corrected chi connectivity index (χ1v) is 9.50. The van der Waals surface area contributed by atoms with Gasteiger partial charge in [-0.25, -0.2) is 8.78 Å². The summed E-state index contributed by atoms with van der Waals surface area (Å²) >= 11 is 0. The summed E-state index contributed by atoms with van der Waals surface area (Å²) in [6.07, 6.45) is 3.70. The van der Waals surface area contributed by atoms with Crippen LogP contribution in [-0.2, 0) is 17.6 Å². The average Bonchev–Trinajstić information content (AvgIpc) is 2.71. The molecule has 0 spiro atoms. The highest BCUT2D eigenvalue weighted by Gasteiger charge is 2.29. The lowest BCUT2D eigenvalue weighted by Crippen LogP contribution is -2.19. The molecule has 5 heteroatoms. The Hall–Kier alpha value is -2.53. The van der Waals surface area contributed by atoms with Gasteiger partial charge in [0.25, 0.3) is 0 Å². The van der Waals surface area contributed by atoms with Gasteiger partial charge in [0, 0.05) is 17.6 Å². The van der Waals surface area contributed by atoms with Crippen LogP contribution < -0.4 is 4.74 Å². The highest BCUT2D eigenvalue weighted by atomic mass is 19.2. The van der Waals surface area contributed by atoms with E-state index in [1.807, 2.05) is 6.92 Å². The van der Waals surface area contributed by atoms with Gasteiger partial charge in [0.05, 0.1) is 12.7 Å². The SMILES string of the molecule is C=CCCc1cc2c(c(F)c1F)O/C(=C(\F)C(=C)C(C)OCC(C)C=C)C(=C)C2. The van der Waals surface area contributed by atoms with Crippen LogP contribution in [0.2, 0.25) is 0 Å². The van der Waals surface area contributed by atoms with Crippen LogP contribution in [0.25, 0.3) is 0 Å². The minimum absolute atomic E-state index is 0.0457. The molecule has 1 aromatic carbocycles. The monoisotopic (exact) mass is 404 g/mol. The maximum Gasteiger partial charge on any atom is 0.201 e. The number of hydrogen-bond acceptors (Lipinski definition) is 2. The maximum atomic E-state index is 15.0. The normalized spacial score (nSPS) is 17.1. The first-order valence-electron chi connectivity index (χ1n) is 9.50. The molecule has 2 atom stereocenters. The largest absolute Gasteiger partial charge is 0.450 e. The van der Waals surface area contributed by atoms with Crippen molar-refractivity contribution in [2.75, 3.05) is 6.61 Å². The van der Waals surface area contributed by atoms with E-state index in [0.717, 1.165) is 0 Å². The minimum Gasteiger partial charge on any atom is -0.450 e. The van der Waals surface area contributed by atoms with E-state index in [1.54, 1.807) is 19.1 Å². The van der Waals surface area contributed by atoms with Gasteiger partial charge >= 0.3 is 0 Å². The second kappa shape index (κ2) is 9.79. The summed E-state index contributed by atoms with van der Waals surface area (Å²) in [6.45, 7) is 18.8. The smallest absolute Gasteiger partial charge is 0.201 e. The topological polar surface area (TPSA) is 18.5 Å². The van der Waals surface area contributed by atoms with E-state index in [2.05, 4.69) is 26.3 Å². The van der Waals surface area contributed by atoms with Crippen LogP contribution in [0.5, 0.6) is 5.75 Å². The molecule has 29 heavy (non-hydrogen) atoms. The lowest BCUT2D eigenvalue weighted by molar-refractivity contribution is 0.0747. The van der Waals surface area contributed by atoms with Gasteiger partial charge in [0.15, 0.2) is 23.2 Å². The summed E-state index contributed by atoms with van der Waals surface area (Å²) in [5, 5.41) is 0. The summed E-state index contributed by atoms with van der Waals surface area (Å²) in [5.41, 5.74) is 1.03. The second-order valence-corrected chi connectivity index (χ2v) is 7.22. The molecule has 0 N–H and O–H groups in total. The first-order chi connectivity index (χ1) is 13.7. The molecule has 0 saturated heterocycles. The van der Waals surface area contributed by atoms with Gasteiger partial charge in [-0.2, -0.15) is 4.39 Å². The zero-order chi connectivity index (χ0) is 21.7. The lowest BCUT2D eigenvalue weighted by Gasteiger charge is -2.25. The third kappa shape index (κ3) is 5.10. The first kappa shape index (κ1) is 22.8. The van der Waals surface area contributed by atoms with Crippen LogP contribution >= 0.6 is 0 Å². The molecular weight excluding hydrogens is 377 g/mol. The molecular formula is C24H27F3O2. The zero-order valence-electron chi connectivity index (χ0n) is 17.0. The molecule has 156 valence electrons. The van der Waals surface area contributed by atoms with Gasteiger partial charge in [-0.05, 0) is 42.9 Å². The molecule has 0 aromatic heterocycles. The minimum atomic E-state index is -1.13. The molecule has 1 aromatic rings. The highest BCUT2D eigenvalue weighted by Crippen LogP contribution is 2.39. The van der Waals surface area contributed by atoms with Crippen molar-refractivity contribution < 1.29 is 22.6 Å². The summed E-state index contributed by atoms with van der Waals surface area (Å²) < 4.78 is 55.0. The van der Waals surface area contributed by atoms with E-state index in [1.165, 1.54) is 6.07 Å². The van der Waals surface area contributed by atoms with Crippen molar-refractivity contribution in [1.82, 2.24) is 0 Å². The Labute approximate surface area is 170 Å². The van der Waals surface area contributed by atoms with E-state index in [-0.39, 0.29) is 35.0 Å². The predicted octanol–water partition coefficient (Wildman–Crippen LogP) is 6.54. The van der Waals surface area contributed by atoms with Crippen molar-refractivity contribution in [1.29, 1.82) is 0 Å². The van der Waals surface area contributed by atoms with Crippen molar-refractivity contribution in [3.63, 3.8) is 0 Å². The van der Waals surface area contributed by atoms with Crippen molar-refractivity contribution in [3.05, 3.63) is 90.0 Å². The van der Waals surface area contributed by atoms with Crippen LogP contribution in [-0.4, -0.2) is 12.7 Å². The summed E-state index contributed by atoms with van der Waals surface area (Å²) in [4.78, 5) is 0. The van der Waals surface area contributed by atoms with E-state index in [0.29, 0.717) is 30.6 Å². The van der Waals surface area contributed by atoms with Crippen LogP contribution in [0.3, 0.4) is 0 Å². The molecule has 2 unspecified atom stereocenters. The number of benzene rings is 1. The van der Waals surface area contributed by atoms with Gasteiger partial charge in [-0.3, -0.25) is 0 Å². The number of allylic oxidation sites excluding steroid dienone is 2. The third-order valence-corrected chi connectivity index (χ3v) is 4.84. The zero-order valence-corrected chi connectivity index (χ0v) is 17.0. The number of halogens is 3. The Balaban J connectivity index is 2.30. The fourth-order valence-electron chi connectivity index (χ4n) is 2.88. The number of ether oxygens (including phenoxy) is 2. The number of aryl methyl sites for hydroxylation is 1. The average molecular weight is 404 g/mol. The van der Waals surface area contributed by atoms with Crippen LogP contribution in [0.4, 0.5) is 13.2 Å². The molecule has 0 saturated carbocycles. The Kier molecular flexibility index (Phi) is 7.68. The van der Waals surface area contributed by atoms with Gasteiger partial charge in [-0.1, -0.05) is 32.2 Å². The van der Waals surface area contributed by atoms with Crippen LogP contribution in [0.15, 0.2) is 67.3 Å². The molecule has 1 heterocycles. The Morgan fingerprint density at radius 2 is 1.97 bits per heavy atom. The highest BCUT2D eigenvalue weighted by molar-refractivity contribution is 5.51. The maximum absolute atomic E-state index is 15.0. The summed E-state index contributed by atoms with van der Waals surface area (Å²) in [5.74, 6) is -3.37. The Morgan fingerprint density at radius 1 is 1.28 bits per heavy atom. The Morgan fingerprint density at radius 3 is 2.59 bits per heavy atom. The molecule has 2 rings (SSSR count). The van der Waals surface area contributed by atoms with E-state index >= 15 is 4.39 Å². The summed E-state index contributed by atoms with van der Waals surface area (Å²) in [7, 11) is 0. The molecule has 0 aliphatic carbocycles. The van der Waals surface area contributed by atoms with Crippen LogP contribution in [0.1, 0.15) is 31.4 Å². The predicted molar refractivity (Wildman–Crippen MR) is 110 cm³/mol. The van der Waals surface area contributed by atoms with Gasteiger partial charge in [-0.15, -0.1) is 13.2 Å².